The Balaban J connectivity index is 1.62. The molecule has 4 rings (SSSR count). The van der Waals surface area contributed by atoms with Gasteiger partial charge in [0.2, 0.25) is 12.7 Å². The van der Waals surface area contributed by atoms with Crippen LogP contribution < -0.4 is 15.8 Å². The van der Waals surface area contributed by atoms with Crippen molar-refractivity contribution in [3.63, 3.8) is 0 Å². The highest BCUT2D eigenvalue weighted by molar-refractivity contribution is 8.13. The number of hydrogen-bond acceptors (Lipinski definition) is 7. The van der Waals surface area contributed by atoms with Gasteiger partial charge in [-0.2, -0.15) is 0 Å². The summed E-state index contributed by atoms with van der Waals surface area (Å²) in [6, 6.07) is 4.18. The number of aliphatic imine (C=N–C) groups is 1. The number of hydrogen-bond donors (Lipinski definition) is 2. The molecule has 2 aromatic rings. The van der Waals surface area contributed by atoms with Gasteiger partial charge in [0.15, 0.2) is 5.17 Å². The second kappa shape index (κ2) is 8.74. The average Bonchev–Trinajstić information content (AvgIpc) is 2.76. The standard InChI is InChI=1S/C20H20F3N5O2S/c21-10-30-17-8-25-16(7-26-17)18(29)27-13-1-2-15(23)14(6-13)20-4-3-12(22)5-11(20)9-31-19(24)28-20/h1-2,6-8,11-12H,3-5,9-10H2,(H2,24,28)(H,27,29)/t11-,12-,20-/m0/s1. The Kier molecular flexibility index (Phi) is 6.03. The Morgan fingerprint density at radius 1 is 1.35 bits per heavy atom. The molecule has 2 heterocycles. The van der Waals surface area contributed by atoms with Gasteiger partial charge in [0.25, 0.3) is 5.91 Å². The number of nitrogens with zero attached hydrogens (tertiary/aromatic N) is 3. The van der Waals surface area contributed by atoms with Crippen molar-refractivity contribution in [3.8, 4) is 5.88 Å². The molecule has 1 fully saturated rings. The van der Waals surface area contributed by atoms with Gasteiger partial charge >= 0.3 is 0 Å². The lowest BCUT2D eigenvalue weighted by Gasteiger charge is -2.45. The van der Waals surface area contributed by atoms with E-state index >= 15 is 0 Å². The zero-order valence-corrected chi connectivity index (χ0v) is 17.2. The summed E-state index contributed by atoms with van der Waals surface area (Å²) in [7, 11) is 0. The van der Waals surface area contributed by atoms with Crippen LogP contribution >= 0.6 is 11.8 Å². The van der Waals surface area contributed by atoms with Gasteiger partial charge in [-0.05, 0) is 37.5 Å². The molecule has 1 saturated carbocycles. The highest BCUT2D eigenvalue weighted by Crippen LogP contribution is 2.50. The van der Waals surface area contributed by atoms with Crippen LogP contribution in [-0.4, -0.2) is 39.8 Å². The molecule has 0 unspecified atom stereocenters. The molecule has 2 aliphatic rings. The molecule has 1 aromatic carbocycles. The maximum atomic E-state index is 14.9. The van der Waals surface area contributed by atoms with Crippen LogP contribution in [-0.2, 0) is 5.54 Å². The van der Waals surface area contributed by atoms with Gasteiger partial charge in [0.05, 0.1) is 17.9 Å². The fraction of sp³-hybridized carbons (Fsp3) is 0.400. The first-order valence-corrected chi connectivity index (χ1v) is 10.6. The normalized spacial score (nSPS) is 25.3. The van der Waals surface area contributed by atoms with E-state index in [1.807, 2.05) is 0 Å². The summed E-state index contributed by atoms with van der Waals surface area (Å²) in [5.41, 5.74) is 5.57. The molecule has 0 saturated heterocycles. The number of alkyl halides is 2. The van der Waals surface area contributed by atoms with E-state index in [0.29, 0.717) is 23.0 Å². The van der Waals surface area contributed by atoms with E-state index in [4.69, 9.17) is 5.73 Å². The van der Waals surface area contributed by atoms with Crippen molar-refractivity contribution in [2.24, 2.45) is 16.6 Å². The number of thioether (sulfide) groups is 1. The molecule has 0 radical (unpaired) electrons. The van der Waals surface area contributed by atoms with E-state index in [2.05, 4.69) is 25.0 Å². The molecule has 1 aromatic heterocycles. The van der Waals surface area contributed by atoms with Gasteiger partial charge in [0.1, 0.15) is 17.7 Å². The minimum absolute atomic E-state index is 0.0256. The van der Waals surface area contributed by atoms with E-state index in [9.17, 15) is 18.0 Å². The van der Waals surface area contributed by atoms with E-state index in [1.165, 1.54) is 30.0 Å². The number of nitrogens with two attached hydrogens (primary N) is 1. The average molecular weight is 451 g/mol. The summed E-state index contributed by atoms with van der Waals surface area (Å²) in [6.07, 6.45) is 2.18. The number of anilines is 1. The van der Waals surface area contributed by atoms with Crippen LogP contribution in [0.3, 0.4) is 0 Å². The van der Waals surface area contributed by atoms with Gasteiger partial charge in [0, 0.05) is 22.9 Å². The fourth-order valence-electron chi connectivity index (χ4n) is 4.08. The summed E-state index contributed by atoms with van der Waals surface area (Å²) in [6.45, 7) is -1.06. The summed E-state index contributed by atoms with van der Waals surface area (Å²) in [4.78, 5) is 24.8. The largest absolute Gasteiger partial charge is 0.445 e. The predicted octanol–water partition coefficient (Wildman–Crippen LogP) is 3.57. The van der Waals surface area contributed by atoms with Crippen LogP contribution in [0.15, 0.2) is 35.6 Å². The molecule has 11 heteroatoms. The number of carbonyl (C=O) groups excluding carboxylic acids is 1. The Morgan fingerprint density at radius 2 is 2.19 bits per heavy atom. The van der Waals surface area contributed by atoms with Crippen molar-refractivity contribution in [1.82, 2.24) is 9.97 Å². The van der Waals surface area contributed by atoms with Gasteiger partial charge < -0.3 is 15.8 Å². The molecule has 31 heavy (non-hydrogen) atoms. The smallest absolute Gasteiger partial charge is 0.275 e. The van der Waals surface area contributed by atoms with E-state index in [-0.39, 0.29) is 35.9 Å². The number of aromatic nitrogens is 2. The summed E-state index contributed by atoms with van der Waals surface area (Å²) < 4.78 is 45.7. The molecule has 1 amide bonds. The predicted molar refractivity (Wildman–Crippen MR) is 111 cm³/mol. The fourth-order valence-corrected chi connectivity index (χ4v) is 5.09. The number of carbonyl (C=O) groups is 1. The molecule has 1 aliphatic carbocycles. The highest BCUT2D eigenvalue weighted by Gasteiger charge is 2.48. The first-order chi connectivity index (χ1) is 14.9. The maximum Gasteiger partial charge on any atom is 0.275 e. The zero-order valence-electron chi connectivity index (χ0n) is 16.4. The van der Waals surface area contributed by atoms with Crippen molar-refractivity contribution in [2.45, 2.75) is 31.0 Å². The van der Waals surface area contributed by atoms with Crippen LogP contribution in [0.4, 0.5) is 18.9 Å². The number of nitrogens with one attached hydrogen (secondary N) is 1. The molecular formula is C20H20F3N5O2S. The number of amides is 1. The number of fused-ring (bicyclic) bond motifs is 1. The van der Waals surface area contributed by atoms with Gasteiger partial charge in [-0.15, -0.1) is 0 Å². The van der Waals surface area contributed by atoms with E-state index in [0.717, 1.165) is 12.4 Å². The van der Waals surface area contributed by atoms with E-state index < -0.39 is 30.3 Å². The number of benzene rings is 1. The molecular weight excluding hydrogens is 431 g/mol. The van der Waals surface area contributed by atoms with Gasteiger partial charge in [-0.3, -0.25) is 9.79 Å². The number of amidine groups is 1. The third-order valence-corrected chi connectivity index (χ3v) is 6.51. The third kappa shape index (κ3) is 4.32. The SMILES string of the molecule is NC1=N[C@@]2(c3cc(NC(=O)c4cnc(OCF)cn4)ccc3F)CC[C@H](F)C[C@H]2CS1. The second-order valence-electron chi connectivity index (χ2n) is 7.40. The van der Waals surface area contributed by atoms with Crippen LogP contribution in [0.5, 0.6) is 5.88 Å². The van der Waals surface area contributed by atoms with Crippen molar-refractivity contribution >= 4 is 28.5 Å². The van der Waals surface area contributed by atoms with Gasteiger partial charge in [-0.1, -0.05) is 11.8 Å². The molecule has 7 nitrogen and oxygen atoms in total. The Labute approximate surface area is 180 Å². The number of rotatable bonds is 5. The Morgan fingerprint density at radius 3 is 2.94 bits per heavy atom. The van der Waals surface area contributed by atoms with Crippen molar-refractivity contribution in [3.05, 3.63) is 47.7 Å². The first-order valence-electron chi connectivity index (χ1n) is 9.65. The molecule has 1 aliphatic heterocycles. The zero-order chi connectivity index (χ0) is 22.0. The lowest BCUT2D eigenvalue weighted by Crippen LogP contribution is -2.45. The van der Waals surface area contributed by atoms with Crippen molar-refractivity contribution < 1.29 is 22.7 Å². The molecule has 0 bridgehead atoms. The highest BCUT2D eigenvalue weighted by atomic mass is 32.2. The monoisotopic (exact) mass is 451 g/mol. The van der Waals surface area contributed by atoms with Crippen LogP contribution in [0.1, 0.15) is 35.3 Å². The molecule has 3 atom stereocenters. The minimum Gasteiger partial charge on any atom is -0.445 e. The summed E-state index contributed by atoms with van der Waals surface area (Å²) in [5.74, 6) is -0.781. The van der Waals surface area contributed by atoms with Crippen molar-refractivity contribution in [1.29, 1.82) is 0 Å². The van der Waals surface area contributed by atoms with Crippen LogP contribution in [0.2, 0.25) is 0 Å². The van der Waals surface area contributed by atoms with Crippen LogP contribution in [0.25, 0.3) is 0 Å². The Bertz CT molecular complexity index is 1010. The quantitative estimate of drug-likeness (QED) is 0.721. The summed E-state index contributed by atoms with van der Waals surface area (Å²) >= 11 is 1.34. The second-order valence-corrected chi connectivity index (χ2v) is 8.44. The first kappa shape index (κ1) is 21.4. The number of ether oxygens (including phenoxy) is 1. The minimum atomic E-state index is -1.06. The lowest BCUT2D eigenvalue weighted by atomic mass is 9.69. The molecule has 164 valence electrons. The van der Waals surface area contributed by atoms with E-state index in [1.54, 1.807) is 0 Å². The van der Waals surface area contributed by atoms with Crippen molar-refractivity contribution in [2.75, 3.05) is 17.9 Å². The summed E-state index contributed by atoms with van der Waals surface area (Å²) in [5, 5.41) is 2.99. The lowest BCUT2D eigenvalue weighted by molar-refractivity contribution is 0.102. The molecule has 3 N–H and O–H groups in total. The Hall–Kier alpha value is -2.82. The van der Waals surface area contributed by atoms with Gasteiger partial charge in [-0.25, -0.2) is 23.1 Å². The number of halogens is 3. The third-order valence-electron chi connectivity index (χ3n) is 5.55. The van der Waals surface area contributed by atoms with Crippen LogP contribution in [0, 0.1) is 11.7 Å². The molecule has 0 spiro atoms. The maximum absolute atomic E-state index is 14.9. The topological polar surface area (TPSA) is 102 Å².